The first-order valence-corrected chi connectivity index (χ1v) is 5.38. The molecule has 1 unspecified atom stereocenters. The Morgan fingerprint density at radius 1 is 1.50 bits per heavy atom. The summed E-state index contributed by atoms with van der Waals surface area (Å²) in [6.07, 6.45) is 1.76. The van der Waals surface area contributed by atoms with Crippen LogP contribution in [0.15, 0.2) is 29.4 Å². The summed E-state index contributed by atoms with van der Waals surface area (Å²) in [4.78, 5) is 0. The number of nitrogens with zero attached hydrogens (tertiary/aromatic N) is 1. The van der Waals surface area contributed by atoms with Gasteiger partial charge in [0.15, 0.2) is 0 Å². The Balaban J connectivity index is 2.48. The van der Waals surface area contributed by atoms with Gasteiger partial charge in [-0.25, -0.2) is 0 Å². The molecule has 4 heteroatoms. The van der Waals surface area contributed by atoms with Crippen LogP contribution in [-0.4, -0.2) is 18.0 Å². The van der Waals surface area contributed by atoms with Crippen LogP contribution < -0.4 is 5.43 Å². The zero-order chi connectivity index (χ0) is 10.4. The van der Waals surface area contributed by atoms with Gasteiger partial charge in [-0.05, 0) is 24.6 Å². The lowest BCUT2D eigenvalue weighted by atomic mass is 10.2. The van der Waals surface area contributed by atoms with Gasteiger partial charge in [-0.3, -0.25) is 0 Å². The molecule has 0 aliphatic heterocycles. The summed E-state index contributed by atoms with van der Waals surface area (Å²) in [7, 11) is 0. The van der Waals surface area contributed by atoms with E-state index >= 15 is 0 Å². The van der Waals surface area contributed by atoms with Gasteiger partial charge in [0.2, 0.25) is 0 Å². The molecule has 0 saturated heterocycles. The third-order valence-electron chi connectivity index (χ3n) is 1.65. The lowest BCUT2D eigenvalue weighted by molar-refractivity contribution is 0.632. The van der Waals surface area contributed by atoms with Crippen LogP contribution in [0, 0.1) is 0 Å². The van der Waals surface area contributed by atoms with Crippen LogP contribution in [0.3, 0.4) is 0 Å². The molecule has 0 aliphatic carbocycles. The number of hydrazone groups is 1. The smallest absolute Gasteiger partial charge is 0.0540 e. The molecule has 1 N–H and O–H groups in total. The highest BCUT2D eigenvalue weighted by Crippen LogP contribution is 2.07. The van der Waals surface area contributed by atoms with Crippen molar-refractivity contribution in [3.63, 3.8) is 0 Å². The first-order chi connectivity index (χ1) is 6.72. The molecule has 1 rings (SSSR count). The summed E-state index contributed by atoms with van der Waals surface area (Å²) < 4.78 is 0. The van der Waals surface area contributed by atoms with Gasteiger partial charge in [0.25, 0.3) is 0 Å². The standard InChI is InChI=1S/C10H13ClN2S/c1-8(7-14)13-12-6-9-2-4-10(11)5-3-9/h2-6,8,13-14H,7H2,1H3/b12-6+. The molecule has 0 fully saturated rings. The Morgan fingerprint density at radius 2 is 2.14 bits per heavy atom. The summed E-state index contributed by atoms with van der Waals surface area (Å²) in [5, 5.41) is 4.81. The second-order valence-electron chi connectivity index (χ2n) is 3.02. The average Bonchev–Trinajstić information content (AvgIpc) is 2.21. The van der Waals surface area contributed by atoms with E-state index in [0.29, 0.717) is 0 Å². The van der Waals surface area contributed by atoms with Crippen molar-refractivity contribution in [2.45, 2.75) is 13.0 Å². The number of rotatable bonds is 4. The fourth-order valence-electron chi connectivity index (χ4n) is 0.829. The normalized spacial score (nSPS) is 13.1. The van der Waals surface area contributed by atoms with E-state index in [1.165, 1.54) is 0 Å². The third kappa shape index (κ3) is 4.03. The third-order valence-corrected chi connectivity index (χ3v) is 2.45. The van der Waals surface area contributed by atoms with Gasteiger partial charge in [0.05, 0.1) is 6.21 Å². The summed E-state index contributed by atoms with van der Waals surface area (Å²) in [6.45, 7) is 2.02. The zero-order valence-electron chi connectivity index (χ0n) is 7.94. The highest BCUT2D eigenvalue weighted by Gasteiger charge is 1.93. The number of hydrogen-bond donors (Lipinski definition) is 2. The molecule has 0 aliphatic rings. The summed E-state index contributed by atoms with van der Waals surface area (Å²) in [5.74, 6) is 0.762. The molecular weight excluding hydrogens is 216 g/mol. The summed E-state index contributed by atoms with van der Waals surface area (Å²) in [5.41, 5.74) is 3.98. The number of benzene rings is 1. The van der Waals surface area contributed by atoms with E-state index in [4.69, 9.17) is 11.6 Å². The van der Waals surface area contributed by atoms with Crippen LogP contribution in [0.25, 0.3) is 0 Å². The molecule has 0 aromatic heterocycles. The average molecular weight is 229 g/mol. The summed E-state index contributed by atoms with van der Waals surface area (Å²) >= 11 is 9.88. The van der Waals surface area contributed by atoms with Gasteiger partial charge in [-0.15, -0.1) is 0 Å². The fourth-order valence-corrected chi connectivity index (χ4v) is 1.04. The SMILES string of the molecule is CC(CS)N/N=C/c1ccc(Cl)cc1. The molecule has 0 bridgehead atoms. The van der Waals surface area contributed by atoms with Gasteiger partial charge in [-0.1, -0.05) is 23.7 Å². The van der Waals surface area contributed by atoms with Crippen molar-refractivity contribution in [1.82, 2.24) is 5.43 Å². The molecule has 0 saturated carbocycles. The highest BCUT2D eigenvalue weighted by atomic mass is 35.5. The molecular formula is C10H13ClN2S. The minimum atomic E-state index is 0.280. The maximum absolute atomic E-state index is 5.75. The predicted molar refractivity (Wildman–Crippen MR) is 65.5 cm³/mol. The first kappa shape index (κ1) is 11.4. The van der Waals surface area contributed by atoms with E-state index in [1.54, 1.807) is 6.21 Å². The van der Waals surface area contributed by atoms with Crippen LogP contribution in [0.2, 0.25) is 5.02 Å². The second-order valence-corrected chi connectivity index (χ2v) is 3.82. The maximum Gasteiger partial charge on any atom is 0.0540 e. The van der Waals surface area contributed by atoms with E-state index in [-0.39, 0.29) is 6.04 Å². The lowest BCUT2D eigenvalue weighted by Crippen LogP contribution is -2.22. The molecule has 1 aromatic carbocycles. The van der Waals surface area contributed by atoms with Crippen LogP contribution in [0.1, 0.15) is 12.5 Å². The fraction of sp³-hybridized carbons (Fsp3) is 0.300. The topological polar surface area (TPSA) is 24.4 Å². The van der Waals surface area contributed by atoms with Crippen molar-refractivity contribution in [3.8, 4) is 0 Å². The Hall–Kier alpha value is -0.670. The molecule has 76 valence electrons. The monoisotopic (exact) mass is 228 g/mol. The zero-order valence-corrected chi connectivity index (χ0v) is 9.59. The van der Waals surface area contributed by atoms with Gasteiger partial charge >= 0.3 is 0 Å². The Kier molecular flexibility index (Phi) is 4.84. The van der Waals surface area contributed by atoms with E-state index < -0.39 is 0 Å². The van der Waals surface area contributed by atoms with E-state index in [0.717, 1.165) is 16.3 Å². The number of nitrogens with one attached hydrogen (secondary N) is 1. The van der Waals surface area contributed by atoms with Gasteiger partial charge < -0.3 is 5.43 Å². The van der Waals surface area contributed by atoms with Crippen molar-refractivity contribution in [2.24, 2.45) is 5.10 Å². The minimum absolute atomic E-state index is 0.280. The minimum Gasteiger partial charge on any atom is -0.306 e. The van der Waals surface area contributed by atoms with Crippen LogP contribution in [0.5, 0.6) is 0 Å². The Bertz CT molecular complexity index is 297. The molecule has 0 spiro atoms. The van der Waals surface area contributed by atoms with E-state index in [2.05, 4.69) is 23.2 Å². The summed E-state index contributed by atoms with van der Waals surface area (Å²) in [6, 6.07) is 7.79. The predicted octanol–water partition coefficient (Wildman–Crippen LogP) is 2.58. The van der Waals surface area contributed by atoms with E-state index in [1.807, 2.05) is 31.2 Å². The van der Waals surface area contributed by atoms with Gasteiger partial charge in [0.1, 0.15) is 0 Å². The second kappa shape index (κ2) is 5.94. The molecule has 2 nitrogen and oxygen atoms in total. The molecule has 0 amide bonds. The number of hydrogen-bond acceptors (Lipinski definition) is 3. The first-order valence-electron chi connectivity index (χ1n) is 4.37. The Morgan fingerprint density at radius 3 is 2.71 bits per heavy atom. The molecule has 1 aromatic rings. The van der Waals surface area contributed by atoms with Crippen molar-refractivity contribution in [3.05, 3.63) is 34.9 Å². The molecule has 14 heavy (non-hydrogen) atoms. The van der Waals surface area contributed by atoms with Crippen LogP contribution >= 0.6 is 24.2 Å². The largest absolute Gasteiger partial charge is 0.306 e. The lowest BCUT2D eigenvalue weighted by Gasteiger charge is -2.05. The Labute approximate surface area is 94.8 Å². The van der Waals surface area contributed by atoms with Crippen molar-refractivity contribution < 1.29 is 0 Å². The van der Waals surface area contributed by atoms with Gasteiger partial charge in [0, 0.05) is 16.8 Å². The molecule has 0 heterocycles. The van der Waals surface area contributed by atoms with Crippen LogP contribution in [-0.2, 0) is 0 Å². The number of thiol groups is 1. The van der Waals surface area contributed by atoms with Crippen molar-refractivity contribution in [2.75, 3.05) is 5.75 Å². The molecule has 1 atom stereocenters. The van der Waals surface area contributed by atoms with Crippen molar-refractivity contribution >= 4 is 30.4 Å². The van der Waals surface area contributed by atoms with Crippen molar-refractivity contribution in [1.29, 1.82) is 0 Å². The van der Waals surface area contributed by atoms with E-state index in [9.17, 15) is 0 Å². The van der Waals surface area contributed by atoms with Gasteiger partial charge in [-0.2, -0.15) is 17.7 Å². The quantitative estimate of drug-likeness (QED) is 0.462. The molecule has 0 radical (unpaired) electrons. The van der Waals surface area contributed by atoms with Crippen LogP contribution in [0.4, 0.5) is 0 Å². The highest BCUT2D eigenvalue weighted by molar-refractivity contribution is 7.80. The number of halogens is 1. The maximum atomic E-state index is 5.75.